The van der Waals surface area contributed by atoms with E-state index in [4.69, 9.17) is 0 Å². The van der Waals surface area contributed by atoms with Gasteiger partial charge in [-0.3, -0.25) is 0 Å². The highest BCUT2D eigenvalue weighted by atomic mass is 16.3. The fraction of sp³-hybridized carbons (Fsp3) is 0.571. The Morgan fingerprint density at radius 1 is 1.33 bits per heavy atom. The number of aliphatic hydroxyl groups is 1. The summed E-state index contributed by atoms with van der Waals surface area (Å²) in [6, 6.07) is 8.77. The van der Waals surface area contributed by atoms with Crippen molar-refractivity contribution in [1.82, 2.24) is 0 Å². The molecule has 0 amide bonds. The average Bonchev–Trinajstić information content (AvgIpc) is 2.93. The van der Waals surface area contributed by atoms with Crippen LogP contribution in [0.1, 0.15) is 43.2 Å². The van der Waals surface area contributed by atoms with Gasteiger partial charge in [0, 0.05) is 5.41 Å². The lowest BCUT2D eigenvalue weighted by Crippen LogP contribution is -2.24. The van der Waals surface area contributed by atoms with Gasteiger partial charge in [0.2, 0.25) is 0 Å². The van der Waals surface area contributed by atoms with Gasteiger partial charge in [-0.1, -0.05) is 24.3 Å². The van der Waals surface area contributed by atoms with Gasteiger partial charge >= 0.3 is 0 Å². The molecule has 1 heteroatoms. The minimum absolute atomic E-state index is 0.145. The third-order valence-electron chi connectivity index (χ3n) is 4.49. The Morgan fingerprint density at radius 2 is 2.07 bits per heavy atom. The van der Waals surface area contributed by atoms with E-state index in [1.165, 1.54) is 36.8 Å². The number of benzene rings is 1. The molecule has 1 fully saturated rings. The Kier molecular flexibility index (Phi) is 1.93. The summed E-state index contributed by atoms with van der Waals surface area (Å²) in [7, 11) is 0. The predicted octanol–water partition coefficient (Wildman–Crippen LogP) is 2.88. The van der Waals surface area contributed by atoms with Crippen LogP contribution in [0.4, 0.5) is 0 Å². The summed E-state index contributed by atoms with van der Waals surface area (Å²) in [6.07, 6.45) is 4.72. The Morgan fingerprint density at radius 3 is 2.73 bits per heavy atom. The molecule has 0 spiro atoms. The summed E-state index contributed by atoms with van der Waals surface area (Å²) in [5.74, 6) is 0.619. The van der Waals surface area contributed by atoms with Crippen molar-refractivity contribution in [1.29, 1.82) is 0 Å². The van der Waals surface area contributed by atoms with Crippen molar-refractivity contribution in [3.05, 3.63) is 35.4 Å². The minimum Gasteiger partial charge on any atom is -0.393 e. The third kappa shape index (κ3) is 1.26. The molecule has 2 aliphatic carbocycles. The molecule has 80 valence electrons. The zero-order chi connectivity index (χ0) is 10.5. The molecule has 1 aromatic rings. The molecular formula is C14H18O. The molecule has 0 saturated heterocycles. The zero-order valence-corrected chi connectivity index (χ0v) is 9.24. The van der Waals surface area contributed by atoms with E-state index in [0.29, 0.717) is 5.92 Å². The van der Waals surface area contributed by atoms with Crippen LogP contribution in [0, 0.1) is 5.41 Å². The van der Waals surface area contributed by atoms with Crippen molar-refractivity contribution in [3.8, 4) is 0 Å². The minimum atomic E-state index is -0.145. The first-order valence-electron chi connectivity index (χ1n) is 6.00. The molecule has 1 N–H and O–H groups in total. The maximum atomic E-state index is 9.93. The molecule has 0 bridgehead atoms. The molecule has 0 aliphatic heterocycles. The van der Waals surface area contributed by atoms with E-state index in [9.17, 15) is 5.11 Å². The Hall–Kier alpha value is -0.820. The molecule has 0 aromatic heterocycles. The molecule has 0 heterocycles. The van der Waals surface area contributed by atoms with Crippen LogP contribution in [0.5, 0.6) is 0 Å². The van der Waals surface area contributed by atoms with Gasteiger partial charge in [-0.05, 0) is 49.7 Å². The van der Waals surface area contributed by atoms with E-state index >= 15 is 0 Å². The molecule has 1 saturated carbocycles. The van der Waals surface area contributed by atoms with Gasteiger partial charge in [0.25, 0.3) is 0 Å². The predicted molar refractivity (Wildman–Crippen MR) is 60.9 cm³/mol. The lowest BCUT2D eigenvalue weighted by Gasteiger charge is -2.26. The number of aliphatic hydroxyl groups excluding tert-OH is 1. The molecule has 1 aromatic carbocycles. The molecule has 2 unspecified atom stereocenters. The quantitative estimate of drug-likeness (QED) is 0.782. The van der Waals surface area contributed by atoms with Gasteiger partial charge in [0.15, 0.2) is 0 Å². The van der Waals surface area contributed by atoms with E-state index in [1.807, 2.05) is 6.92 Å². The molecule has 1 nitrogen and oxygen atoms in total. The van der Waals surface area contributed by atoms with E-state index in [0.717, 1.165) is 0 Å². The van der Waals surface area contributed by atoms with Crippen LogP contribution in [0.2, 0.25) is 0 Å². The second-order valence-corrected chi connectivity index (χ2v) is 5.20. The Bertz CT molecular complexity index is 377. The van der Waals surface area contributed by atoms with Crippen LogP contribution >= 0.6 is 0 Å². The largest absolute Gasteiger partial charge is 0.393 e. The highest BCUT2D eigenvalue weighted by Gasteiger charge is 2.54. The van der Waals surface area contributed by atoms with Gasteiger partial charge in [0.1, 0.15) is 0 Å². The SMILES string of the molecule is CC(O)C1(C2CCc3ccccc32)CC1. The Balaban J connectivity index is 1.98. The first-order valence-corrected chi connectivity index (χ1v) is 6.00. The monoisotopic (exact) mass is 202 g/mol. The van der Waals surface area contributed by atoms with Crippen LogP contribution in [-0.4, -0.2) is 11.2 Å². The standard InChI is InChI=1S/C14H18O/c1-10(15)14(8-9-14)13-7-6-11-4-2-3-5-12(11)13/h2-5,10,13,15H,6-9H2,1H3. The van der Waals surface area contributed by atoms with E-state index in [2.05, 4.69) is 24.3 Å². The summed E-state index contributed by atoms with van der Waals surface area (Å²) in [5.41, 5.74) is 3.25. The van der Waals surface area contributed by atoms with Gasteiger partial charge in [-0.2, -0.15) is 0 Å². The first-order chi connectivity index (χ1) is 7.24. The van der Waals surface area contributed by atoms with Crippen LogP contribution in [0.3, 0.4) is 0 Å². The van der Waals surface area contributed by atoms with Crippen LogP contribution < -0.4 is 0 Å². The van der Waals surface area contributed by atoms with Gasteiger partial charge in [-0.15, -0.1) is 0 Å². The summed E-state index contributed by atoms with van der Waals surface area (Å²) < 4.78 is 0. The zero-order valence-electron chi connectivity index (χ0n) is 9.24. The lowest BCUT2D eigenvalue weighted by molar-refractivity contribution is 0.0915. The van der Waals surface area contributed by atoms with Crippen molar-refractivity contribution < 1.29 is 5.11 Å². The molecule has 2 atom stereocenters. The molecule has 0 radical (unpaired) electrons. The highest BCUT2D eigenvalue weighted by molar-refractivity contribution is 5.38. The second-order valence-electron chi connectivity index (χ2n) is 5.20. The number of aryl methyl sites for hydroxylation is 1. The summed E-state index contributed by atoms with van der Waals surface area (Å²) in [4.78, 5) is 0. The van der Waals surface area contributed by atoms with Gasteiger partial charge in [-0.25, -0.2) is 0 Å². The first kappa shape index (κ1) is 9.41. The van der Waals surface area contributed by atoms with E-state index < -0.39 is 0 Å². The normalized spacial score (nSPS) is 28.5. The number of hydrogen-bond acceptors (Lipinski definition) is 1. The molecular weight excluding hydrogens is 184 g/mol. The molecule has 15 heavy (non-hydrogen) atoms. The third-order valence-corrected chi connectivity index (χ3v) is 4.49. The van der Waals surface area contributed by atoms with E-state index in [1.54, 1.807) is 0 Å². The van der Waals surface area contributed by atoms with Crippen molar-refractivity contribution in [3.63, 3.8) is 0 Å². The number of rotatable bonds is 2. The van der Waals surface area contributed by atoms with E-state index in [-0.39, 0.29) is 11.5 Å². The van der Waals surface area contributed by atoms with Crippen LogP contribution in [-0.2, 0) is 6.42 Å². The van der Waals surface area contributed by atoms with Crippen molar-refractivity contribution in [2.45, 2.75) is 44.6 Å². The fourth-order valence-corrected chi connectivity index (χ4v) is 3.36. The average molecular weight is 202 g/mol. The van der Waals surface area contributed by atoms with Crippen molar-refractivity contribution in [2.75, 3.05) is 0 Å². The highest BCUT2D eigenvalue weighted by Crippen LogP contribution is 2.62. The molecule has 3 rings (SSSR count). The Labute approximate surface area is 91.1 Å². The smallest absolute Gasteiger partial charge is 0.0574 e. The topological polar surface area (TPSA) is 20.2 Å². The van der Waals surface area contributed by atoms with Gasteiger partial charge < -0.3 is 5.11 Å². The summed E-state index contributed by atoms with van der Waals surface area (Å²) in [6.45, 7) is 1.97. The maximum absolute atomic E-state index is 9.93. The molecule has 2 aliphatic rings. The fourth-order valence-electron chi connectivity index (χ4n) is 3.36. The number of fused-ring (bicyclic) bond motifs is 1. The van der Waals surface area contributed by atoms with Crippen LogP contribution in [0.25, 0.3) is 0 Å². The lowest BCUT2D eigenvalue weighted by atomic mass is 9.81. The second kappa shape index (κ2) is 3.08. The summed E-state index contributed by atoms with van der Waals surface area (Å²) >= 11 is 0. The number of hydrogen-bond donors (Lipinski definition) is 1. The summed E-state index contributed by atoms with van der Waals surface area (Å²) in [5, 5.41) is 9.93. The van der Waals surface area contributed by atoms with Gasteiger partial charge in [0.05, 0.1) is 6.10 Å². The van der Waals surface area contributed by atoms with Crippen molar-refractivity contribution >= 4 is 0 Å². The van der Waals surface area contributed by atoms with Crippen molar-refractivity contribution in [2.24, 2.45) is 5.41 Å². The van der Waals surface area contributed by atoms with Crippen LogP contribution in [0.15, 0.2) is 24.3 Å². The maximum Gasteiger partial charge on any atom is 0.0574 e.